The first-order valence-corrected chi connectivity index (χ1v) is 11.5. The molecular formula is C22H25N7O2S. The number of anilines is 1. The SMILES string of the molecule is Cc1ccc(-n2nnnc2SCC(=O)Nc2c(C#N)c(C)c(C)n2C[C@H]2CCCO2)cc1. The zero-order chi connectivity index (χ0) is 22.7. The van der Waals surface area contributed by atoms with Crippen LogP contribution in [-0.2, 0) is 16.1 Å². The lowest BCUT2D eigenvalue weighted by Crippen LogP contribution is -2.22. The number of carbonyl (C=O) groups is 1. The zero-order valence-corrected chi connectivity index (χ0v) is 19.1. The van der Waals surface area contributed by atoms with Gasteiger partial charge in [0.2, 0.25) is 11.1 Å². The summed E-state index contributed by atoms with van der Waals surface area (Å²) in [6.07, 6.45) is 2.10. The first-order valence-electron chi connectivity index (χ1n) is 10.5. The summed E-state index contributed by atoms with van der Waals surface area (Å²) in [5, 5.41) is 25.0. The molecule has 0 aliphatic carbocycles. The third kappa shape index (κ3) is 4.54. The Labute approximate surface area is 190 Å². The van der Waals surface area contributed by atoms with Crippen molar-refractivity contribution in [1.29, 1.82) is 5.26 Å². The number of rotatable bonds is 7. The Morgan fingerprint density at radius 1 is 1.31 bits per heavy atom. The van der Waals surface area contributed by atoms with E-state index < -0.39 is 0 Å². The second kappa shape index (κ2) is 9.54. The fourth-order valence-corrected chi connectivity index (χ4v) is 4.46. The molecule has 166 valence electrons. The quantitative estimate of drug-likeness (QED) is 0.549. The molecule has 0 bridgehead atoms. The molecular weight excluding hydrogens is 426 g/mol. The number of aryl methyl sites for hydroxylation is 1. The molecule has 1 N–H and O–H groups in total. The van der Waals surface area contributed by atoms with Crippen LogP contribution in [-0.4, -0.2) is 49.1 Å². The van der Waals surface area contributed by atoms with Crippen molar-refractivity contribution >= 4 is 23.5 Å². The third-order valence-corrected chi connectivity index (χ3v) is 6.58. The number of nitriles is 1. The molecule has 1 fully saturated rings. The van der Waals surface area contributed by atoms with Gasteiger partial charge in [0.25, 0.3) is 0 Å². The molecule has 0 unspecified atom stereocenters. The standard InChI is InChI=1S/C22H25N7O2S/c1-14-6-8-17(9-7-14)29-22(25-26-27-29)32-13-20(30)24-21-19(11-23)15(2)16(3)28(21)12-18-5-4-10-31-18/h6-9,18H,4-5,10,12-13H2,1-3H3,(H,24,30)/t18-/m1/s1. The van der Waals surface area contributed by atoms with Crippen molar-refractivity contribution in [3.63, 3.8) is 0 Å². The third-order valence-electron chi connectivity index (χ3n) is 5.66. The van der Waals surface area contributed by atoms with E-state index in [2.05, 4.69) is 26.9 Å². The van der Waals surface area contributed by atoms with Gasteiger partial charge < -0.3 is 14.6 Å². The van der Waals surface area contributed by atoms with Gasteiger partial charge in [0.05, 0.1) is 29.7 Å². The van der Waals surface area contributed by atoms with Gasteiger partial charge in [-0.3, -0.25) is 4.79 Å². The monoisotopic (exact) mass is 451 g/mol. The highest BCUT2D eigenvalue weighted by Crippen LogP contribution is 2.29. The summed E-state index contributed by atoms with van der Waals surface area (Å²) in [5.74, 6) is 0.415. The largest absolute Gasteiger partial charge is 0.376 e. The maximum Gasteiger partial charge on any atom is 0.235 e. The van der Waals surface area contributed by atoms with E-state index in [0.717, 1.165) is 42.0 Å². The Bertz CT molecular complexity index is 1150. The number of aromatic nitrogens is 5. The molecule has 1 amide bonds. The van der Waals surface area contributed by atoms with Crippen LogP contribution in [0.15, 0.2) is 29.4 Å². The first kappa shape index (κ1) is 22.0. The summed E-state index contributed by atoms with van der Waals surface area (Å²) in [5.41, 5.74) is 4.29. The molecule has 0 saturated carbocycles. The van der Waals surface area contributed by atoms with Crippen molar-refractivity contribution in [3.05, 3.63) is 46.6 Å². The van der Waals surface area contributed by atoms with Crippen molar-refractivity contribution in [1.82, 2.24) is 24.8 Å². The molecule has 1 atom stereocenters. The fraction of sp³-hybridized carbons (Fsp3) is 0.409. The van der Waals surface area contributed by atoms with Crippen molar-refractivity contribution in [3.8, 4) is 11.8 Å². The summed E-state index contributed by atoms with van der Waals surface area (Å²) in [6, 6.07) is 10.1. The molecule has 3 aromatic rings. The Hall–Kier alpha value is -3.16. The van der Waals surface area contributed by atoms with E-state index in [0.29, 0.717) is 23.1 Å². The minimum atomic E-state index is -0.226. The van der Waals surface area contributed by atoms with Gasteiger partial charge in [-0.25, -0.2) is 0 Å². The van der Waals surface area contributed by atoms with Crippen LogP contribution in [0.3, 0.4) is 0 Å². The van der Waals surface area contributed by atoms with Gasteiger partial charge in [-0.15, -0.1) is 5.10 Å². The average molecular weight is 452 g/mol. The van der Waals surface area contributed by atoms with E-state index >= 15 is 0 Å². The van der Waals surface area contributed by atoms with Crippen LogP contribution in [0.4, 0.5) is 5.82 Å². The van der Waals surface area contributed by atoms with Crippen molar-refractivity contribution in [2.24, 2.45) is 0 Å². The van der Waals surface area contributed by atoms with Gasteiger partial charge in [-0.2, -0.15) is 9.94 Å². The van der Waals surface area contributed by atoms with Crippen LogP contribution in [0.5, 0.6) is 0 Å². The van der Waals surface area contributed by atoms with Crippen LogP contribution in [0.2, 0.25) is 0 Å². The number of hydrogen-bond acceptors (Lipinski definition) is 7. The first-order chi connectivity index (χ1) is 15.5. The van der Waals surface area contributed by atoms with E-state index in [4.69, 9.17) is 4.74 Å². The molecule has 3 heterocycles. The molecule has 1 aliphatic heterocycles. The number of carbonyl (C=O) groups excluding carboxylic acids is 1. The lowest BCUT2D eigenvalue weighted by molar-refractivity contribution is -0.113. The maximum atomic E-state index is 12.8. The highest BCUT2D eigenvalue weighted by atomic mass is 32.2. The minimum Gasteiger partial charge on any atom is -0.376 e. The van der Waals surface area contributed by atoms with Gasteiger partial charge in [-0.1, -0.05) is 29.5 Å². The number of hydrogen-bond donors (Lipinski definition) is 1. The Morgan fingerprint density at radius 2 is 2.09 bits per heavy atom. The molecule has 32 heavy (non-hydrogen) atoms. The maximum absolute atomic E-state index is 12.8. The highest BCUT2D eigenvalue weighted by Gasteiger charge is 2.24. The fourth-order valence-electron chi connectivity index (χ4n) is 3.77. The van der Waals surface area contributed by atoms with Crippen LogP contribution < -0.4 is 5.32 Å². The second-order valence-electron chi connectivity index (χ2n) is 7.84. The summed E-state index contributed by atoms with van der Waals surface area (Å²) in [7, 11) is 0. The average Bonchev–Trinajstić information content (AvgIpc) is 3.51. The molecule has 1 aliphatic rings. The van der Waals surface area contributed by atoms with Crippen LogP contribution in [0.25, 0.3) is 5.69 Å². The smallest absolute Gasteiger partial charge is 0.235 e. The molecule has 2 aromatic heterocycles. The predicted octanol–water partition coefficient (Wildman–Crippen LogP) is 3.17. The Kier molecular flexibility index (Phi) is 6.58. The topological polar surface area (TPSA) is 111 Å². The van der Waals surface area contributed by atoms with E-state index in [1.165, 1.54) is 11.8 Å². The van der Waals surface area contributed by atoms with Gasteiger partial charge in [0.15, 0.2) is 0 Å². The van der Waals surface area contributed by atoms with Crippen molar-refractivity contribution in [2.45, 2.75) is 51.4 Å². The lowest BCUT2D eigenvalue weighted by Gasteiger charge is -2.16. The van der Waals surface area contributed by atoms with Gasteiger partial charge in [0, 0.05) is 12.3 Å². The lowest BCUT2D eigenvalue weighted by atomic mass is 10.2. The molecule has 9 nitrogen and oxygen atoms in total. The number of nitrogens with one attached hydrogen (secondary N) is 1. The van der Waals surface area contributed by atoms with E-state index in [-0.39, 0.29) is 17.8 Å². The molecule has 4 rings (SSSR count). The van der Waals surface area contributed by atoms with Crippen LogP contribution >= 0.6 is 11.8 Å². The Balaban J connectivity index is 1.48. The minimum absolute atomic E-state index is 0.0937. The van der Waals surface area contributed by atoms with Crippen molar-refractivity contribution < 1.29 is 9.53 Å². The molecule has 0 spiro atoms. The second-order valence-corrected chi connectivity index (χ2v) is 8.78. The number of ether oxygens (including phenoxy) is 1. The number of thioether (sulfide) groups is 1. The summed E-state index contributed by atoms with van der Waals surface area (Å²) in [4.78, 5) is 12.8. The number of nitrogens with zero attached hydrogens (tertiary/aromatic N) is 6. The molecule has 1 saturated heterocycles. The molecule has 1 aromatic carbocycles. The van der Waals surface area contributed by atoms with Gasteiger partial charge in [0.1, 0.15) is 11.9 Å². The summed E-state index contributed by atoms with van der Waals surface area (Å²) >= 11 is 1.24. The van der Waals surface area contributed by atoms with Gasteiger partial charge in [-0.05, 0) is 61.7 Å². The Morgan fingerprint density at radius 3 is 2.78 bits per heavy atom. The molecule has 10 heteroatoms. The van der Waals surface area contributed by atoms with E-state index in [9.17, 15) is 10.1 Å². The zero-order valence-electron chi connectivity index (χ0n) is 18.3. The van der Waals surface area contributed by atoms with Crippen LogP contribution in [0.1, 0.15) is 35.2 Å². The number of tetrazole rings is 1. The normalized spacial score (nSPS) is 15.6. The van der Waals surface area contributed by atoms with Gasteiger partial charge >= 0.3 is 0 Å². The molecule has 0 radical (unpaired) electrons. The predicted molar refractivity (Wildman–Crippen MR) is 121 cm³/mol. The van der Waals surface area contributed by atoms with Crippen molar-refractivity contribution in [2.75, 3.05) is 17.7 Å². The highest BCUT2D eigenvalue weighted by molar-refractivity contribution is 7.99. The number of amides is 1. The number of benzene rings is 1. The van der Waals surface area contributed by atoms with Crippen LogP contribution in [0, 0.1) is 32.1 Å². The van der Waals surface area contributed by atoms with E-state index in [1.807, 2.05) is 49.6 Å². The summed E-state index contributed by atoms with van der Waals surface area (Å²) in [6.45, 7) is 7.24. The summed E-state index contributed by atoms with van der Waals surface area (Å²) < 4.78 is 9.36. The van der Waals surface area contributed by atoms with E-state index in [1.54, 1.807) is 4.68 Å².